The van der Waals surface area contributed by atoms with Crippen molar-refractivity contribution in [2.45, 2.75) is 18.9 Å². The van der Waals surface area contributed by atoms with Gasteiger partial charge in [0.25, 0.3) is 0 Å². The van der Waals surface area contributed by atoms with E-state index < -0.39 is 6.09 Å². The highest BCUT2D eigenvalue weighted by Crippen LogP contribution is 2.32. The number of hydrogen-bond donors (Lipinski definition) is 1. The number of amides is 1. The van der Waals surface area contributed by atoms with Crippen molar-refractivity contribution in [3.63, 3.8) is 0 Å². The van der Waals surface area contributed by atoms with E-state index in [1.807, 2.05) is 16.9 Å². The van der Waals surface area contributed by atoms with Crippen LogP contribution in [0, 0.1) is 0 Å². The summed E-state index contributed by atoms with van der Waals surface area (Å²) in [6.45, 7) is 3.97. The van der Waals surface area contributed by atoms with Crippen LogP contribution in [-0.2, 0) is 4.74 Å². The fourth-order valence-electron chi connectivity index (χ4n) is 3.60. The summed E-state index contributed by atoms with van der Waals surface area (Å²) in [6.07, 6.45) is 2.48. The SMILES string of the molecule is O=C(O)N1CCC(n2ncc3c(N4CCOCC4)nc(Cl)cc32)CC1. The van der Waals surface area contributed by atoms with E-state index in [0.717, 1.165) is 42.7 Å². The van der Waals surface area contributed by atoms with Crippen molar-refractivity contribution in [3.05, 3.63) is 17.4 Å². The van der Waals surface area contributed by atoms with Crippen LogP contribution in [0.4, 0.5) is 10.6 Å². The Morgan fingerprint density at radius 3 is 2.64 bits per heavy atom. The first-order chi connectivity index (χ1) is 12.1. The minimum atomic E-state index is -0.856. The Hall–Kier alpha value is -2.06. The molecule has 0 unspecified atom stereocenters. The molecule has 2 aliphatic heterocycles. The lowest BCUT2D eigenvalue weighted by Gasteiger charge is -2.31. The van der Waals surface area contributed by atoms with Crippen molar-refractivity contribution >= 4 is 34.4 Å². The lowest BCUT2D eigenvalue weighted by Crippen LogP contribution is -2.38. The molecular formula is C16H20ClN5O3. The third-order valence-corrected chi connectivity index (χ3v) is 5.13. The van der Waals surface area contributed by atoms with Crippen molar-refractivity contribution in [3.8, 4) is 0 Å². The second kappa shape index (κ2) is 6.68. The summed E-state index contributed by atoms with van der Waals surface area (Å²) in [6, 6.07) is 2.02. The minimum absolute atomic E-state index is 0.170. The van der Waals surface area contributed by atoms with Crippen LogP contribution in [-0.4, -0.2) is 70.3 Å². The van der Waals surface area contributed by atoms with Crippen molar-refractivity contribution in [1.82, 2.24) is 19.7 Å². The van der Waals surface area contributed by atoms with E-state index in [4.69, 9.17) is 21.4 Å². The molecule has 4 heterocycles. The molecule has 0 bridgehead atoms. The second-order valence-electron chi connectivity index (χ2n) is 6.39. The predicted octanol–water partition coefficient (Wildman–Crippen LogP) is 2.24. The Morgan fingerprint density at radius 1 is 1.24 bits per heavy atom. The van der Waals surface area contributed by atoms with Crippen LogP contribution in [0.2, 0.25) is 5.15 Å². The summed E-state index contributed by atoms with van der Waals surface area (Å²) in [7, 11) is 0. The number of carboxylic acid groups (broad SMARTS) is 1. The molecule has 0 aromatic carbocycles. The van der Waals surface area contributed by atoms with Gasteiger partial charge in [0.2, 0.25) is 0 Å². The second-order valence-corrected chi connectivity index (χ2v) is 6.78. The number of pyridine rings is 1. The predicted molar refractivity (Wildman–Crippen MR) is 93.4 cm³/mol. The standard InChI is InChI=1S/C16H20ClN5O3/c17-14-9-13-12(15(19-14)20-5-7-25-8-6-20)10-18-22(13)11-1-3-21(4-2-11)16(23)24/h9-11H,1-8H2,(H,23,24). The minimum Gasteiger partial charge on any atom is -0.465 e. The Labute approximate surface area is 149 Å². The van der Waals surface area contributed by atoms with E-state index in [2.05, 4.69) is 15.0 Å². The van der Waals surface area contributed by atoms with Crippen LogP contribution < -0.4 is 4.90 Å². The number of nitrogens with zero attached hydrogens (tertiary/aromatic N) is 5. The van der Waals surface area contributed by atoms with Crippen molar-refractivity contribution in [1.29, 1.82) is 0 Å². The summed E-state index contributed by atoms with van der Waals surface area (Å²) in [4.78, 5) is 19.2. The smallest absolute Gasteiger partial charge is 0.407 e. The zero-order valence-electron chi connectivity index (χ0n) is 13.8. The molecular weight excluding hydrogens is 346 g/mol. The molecule has 1 N–H and O–H groups in total. The van der Waals surface area contributed by atoms with Crippen molar-refractivity contribution in [2.24, 2.45) is 0 Å². The molecule has 0 atom stereocenters. The average Bonchev–Trinajstić information content (AvgIpc) is 3.05. The summed E-state index contributed by atoms with van der Waals surface area (Å²) in [5, 5.41) is 15.1. The van der Waals surface area contributed by atoms with Gasteiger partial charge in [0.15, 0.2) is 0 Å². The molecule has 2 aromatic rings. The molecule has 2 aliphatic rings. The molecule has 25 heavy (non-hydrogen) atoms. The summed E-state index contributed by atoms with van der Waals surface area (Å²) >= 11 is 6.28. The first-order valence-electron chi connectivity index (χ1n) is 8.48. The van der Waals surface area contributed by atoms with Crippen LogP contribution in [0.5, 0.6) is 0 Å². The van der Waals surface area contributed by atoms with Crippen LogP contribution in [0.3, 0.4) is 0 Å². The van der Waals surface area contributed by atoms with E-state index in [0.29, 0.717) is 31.5 Å². The number of fused-ring (bicyclic) bond motifs is 1. The van der Waals surface area contributed by atoms with Gasteiger partial charge in [-0.3, -0.25) is 4.68 Å². The van der Waals surface area contributed by atoms with Crippen molar-refractivity contribution in [2.75, 3.05) is 44.3 Å². The van der Waals surface area contributed by atoms with Crippen LogP contribution in [0.25, 0.3) is 10.9 Å². The quantitative estimate of drug-likeness (QED) is 0.822. The van der Waals surface area contributed by atoms with Gasteiger partial charge in [0.1, 0.15) is 11.0 Å². The summed E-state index contributed by atoms with van der Waals surface area (Å²) in [5.41, 5.74) is 0.954. The normalized spacial score (nSPS) is 19.6. The van der Waals surface area contributed by atoms with Gasteiger partial charge < -0.3 is 19.6 Å². The van der Waals surface area contributed by atoms with Crippen molar-refractivity contribution < 1.29 is 14.6 Å². The number of anilines is 1. The van der Waals surface area contributed by atoms with Gasteiger partial charge >= 0.3 is 6.09 Å². The fraction of sp³-hybridized carbons (Fsp3) is 0.562. The van der Waals surface area contributed by atoms with Crippen LogP contribution in [0.1, 0.15) is 18.9 Å². The van der Waals surface area contributed by atoms with Gasteiger partial charge in [-0.25, -0.2) is 9.78 Å². The maximum Gasteiger partial charge on any atom is 0.407 e. The molecule has 1 amide bonds. The Kier molecular flexibility index (Phi) is 4.39. The van der Waals surface area contributed by atoms with Gasteiger partial charge in [0, 0.05) is 32.2 Å². The average molecular weight is 366 g/mol. The van der Waals surface area contributed by atoms with Gasteiger partial charge in [-0.1, -0.05) is 11.6 Å². The summed E-state index contributed by atoms with van der Waals surface area (Å²) < 4.78 is 7.40. The number of piperidine rings is 1. The molecule has 0 spiro atoms. The highest BCUT2D eigenvalue weighted by molar-refractivity contribution is 6.30. The number of carbonyl (C=O) groups is 1. The lowest BCUT2D eigenvalue weighted by molar-refractivity contribution is 0.122. The van der Waals surface area contributed by atoms with Crippen LogP contribution in [0.15, 0.2) is 12.3 Å². The number of hydrogen-bond acceptors (Lipinski definition) is 5. The Morgan fingerprint density at radius 2 is 1.96 bits per heavy atom. The molecule has 8 nitrogen and oxygen atoms in total. The molecule has 4 rings (SSSR count). The molecule has 2 aromatic heterocycles. The summed E-state index contributed by atoms with van der Waals surface area (Å²) in [5.74, 6) is 0.847. The zero-order chi connectivity index (χ0) is 17.4. The maximum atomic E-state index is 11.1. The van der Waals surface area contributed by atoms with E-state index in [1.165, 1.54) is 4.90 Å². The highest BCUT2D eigenvalue weighted by atomic mass is 35.5. The molecule has 9 heteroatoms. The van der Waals surface area contributed by atoms with Gasteiger partial charge in [0.05, 0.1) is 36.4 Å². The van der Waals surface area contributed by atoms with E-state index in [1.54, 1.807) is 0 Å². The molecule has 0 aliphatic carbocycles. The molecule has 2 fully saturated rings. The Bertz CT molecular complexity index is 781. The van der Waals surface area contributed by atoms with Gasteiger partial charge in [-0.05, 0) is 12.8 Å². The monoisotopic (exact) mass is 365 g/mol. The molecule has 2 saturated heterocycles. The Balaban J connectivity index is 1.65. The third kappa shape index (κ3) is 3.11. The number of aromatic nitrogens is 3. The largest absolute Gasteiger partial charge is 0.465 e. The number of ether oxygens (including phenoxy) is 1. The zero-order valence-corrected chi connectivity index (χ0v) is 14.5. The first-order valence-corrected chi connectivity index (χ1v) is 8.85. The van der Waals surface area contributed by atoms with Gasteiger partial charge in [-0.15, -0.1) is 0 Å². The number of rotatable bonds is 2. The van der Waals surface area contributed by atoms with E-state index in [9.17, 15) is 4.79 Å². The first kappa shape index (κ1) is 16.4. The van der Waals surface area contributed by atoms with Gasteiger partial charge in [-0.2, -0.15) is 5.10 Å². The maximum absolute atomic E-state index is 11.1. The molecule has 134 valence electrons. The highest BCUT2D eigenvalue weighted by Gasteiger charge is 2.26. The number of morpholine rings is 1. The number of likely N-dealkylation sites (tertiary alicyclic amines) is 1. The molecule has 0 saturated carbocycles. The topological polar surface area (TPSA) is 83.7 Å². The number of halogens is 1. The van der Waals surface area contributed by atoms with E-state index >= 15 is 0 Å². The third-order valence-electron chi connectivity index (χ3n) is 4.93. The fourth-order valence-corrected chi connectivity index (χ4v) is 3.79. The van der Waals surface area contributed by atoms with E-state index in [-0.39, 0.29) is 6.04 Å². The molecule has 0 radical (unpaired) electrons. The lowest BCUT2D eigenvalue weighted by atomic mass is 10.1. The van der Waals surface area contributed by atoms with Crippen LogP contribution >= 0.6 is 11.6 Å².